The van der Waals surface area contributed by atoms with Gasteiger partial charge in [-0.3, -0.25) is 9.59 Å². The van der Waals surface area contributed by atoms with Gasteiger partial charge in [0.05, 0.1) is 5.39 Å². The molecule has 1 amide bonds. The monoisotopic (exact) mass is 473 g/mol. The van der Waals surface area contributed by atoms with Crippen LogP contribution in [-0.2, 0) is 10.2 Å². The third-order valence-electron chi connectivity index (χ3n) is 5.95. The summed E-state index contributed by atoms with van der Waals surface area (Å²) in [4.78, 5) is 25.9. The lowest BCUT2D eigenvalue weighted by Gasteiger charge is -2.19. The molecule has 0 aliphatic heterocycles. The molecule has 0 fully saturated rings. The molecule has 0 unspecified atom stereocenters. The van der Waals surface area contributed by atoms with Crippen molar-refractivity contribution in [1.29, 1.82) is 0 Å². The molecule has 180 valence electrons. The second-order valence-corrected chi connectivity index (χ2v) is 9.69. The Morgan fingerprint density at radius 3 is 2.23 bits per heavy atom. The second-order valence-electron chi connectivity index (χ2n) is 9.69. The van der Waals surface area contributed by atoms with E-state index in [2.05, 4.69) is 26.1 Å². The summed E-state index contributed by atoms with van der Waals surface area (Å²) in [5, 5.41) is 3.02. The average Bonchev–Trinajstić information content (AvgIpc) is 2.81. The summed E-state index contributed by atoms with van der Waals surface area (Å²) in [6.45, 7) is 9.83. The van der Waals surface area contributed by atoms with E-state index >= 15 is 0 Å². The molecule has 5 nitrogen and oxygen atoms in total. The zero-order valence-electron chi connectivity index (χ0n) is 20.5. The molecule has 1 aromatic heterocycles. The van der Waals surface area contributed by atoms with Gasteiger partial charge < -0.3 is 14.5 Å². The third-order valence-corrected chi connectivity index (χ3v) is 5.95. The van der Waals surface area contributed by atoms with Crippen molar-refractivity contribution in [2.45, 2.75) is 40.0 Å². The molecule has 0 saturated carbocycles. The first-order valence-corrected chi connectivity index (χ1v) is 11.4. The lowest BCUT2D eigenvalue weighted by molar-refractivity contribution is -0.118. The summed E-state index contributed by atoms with van der Waals surface area (Å²) in [5.41, 5.74) is 4.26. The van der Waals surface area contributed by atoms with Gasteiger partial charge >= 0.3 is 0 Å². The van der Waals surface area contributed by atoms with Crippen molar-refractivity contribution in [2.24, 2.45) is 0 Å². The van der Waals surface area contributed by atoms with Crippen LogP contribution in [0.15, 0.2) is 69.9 Å². The van der Waals surface area contributed by atoms with Crippen LogP contribution in [0.25, 0.3) is 22.3 Å². The molecular formula is C29H28FNO4. The van der Waals surface area contributed by atoms with Gasteiger partial charge in [0.15, 0.2) is 12.4 Å². The van der Waals surface area contributed by atoms with Gasteiger partial charge in [0, 0.05) is 11.3 Å². The molecule has 0 spiro atoms. The van der Waals surface area contributed by atoms with Crippen molar-refractivity contribution in [2.75, 3.05) is 11.9 Å². The Morgan fingerprint density at radius 1 is 0.971 bits per heavy atom. The Kier molecular flexibility index (Phi) is 6.48. The maximum absolute atomic E-state index is 13.5. The van der Waals surface area contributed by atoms with E-state index in [1.807, 2.05) is 44.2 Å². The fourth-order valence-electron chi connectivity index (χ4n) is 3.74. The fraction of sp³-hybridized carbons (Fsp3) is 0.241. The summed E-state index contributed by atoms with van der Waals surface area (Å²) in [5.74, 6) is -0.648. The van der Waals surface area contributed by atoms with E-state index in [0.29, 0.717) is 22.2 Å². The van der Waals surface area contributed by atoms with E-state index in [-0.39, 0.29) is 22.4 Å². The second kappa shape index (κ2) is 9.37. The smallest absolute Gasteiger partial charge is 0.262 e. The lowest BCUT2D eigenvalue weighted by atomic mass is 9.86. The van der Waals surface area contributed by atoms with Gasteiger partial charge in [0.1, 0.15) is 11.4 Å². The van der Waals surface area contributed by atoms with Crippen LogP contribution >= 0.6 is 0 Å². The van der Waals surface area contributed by atoms with Crippen LogP contribution in [0.2, 0.25) is 0 Å². The molecule has 6 heteroatoms. The molecule has 0 aliphatic rings. The molecular weight excluding hydrogens is 445 g/mol. The van der Waals surface area contributed by atoms with Crippen LogP contribution in [-0.4, -0.2) is 12.5 Å². The molecule has 0 atom stereocenters. The van der Waals surface area contributed by atoms with Crippen LogP contribution < -0.4 is 15.5 Å². The van der Waals surface area contributed by atoms with Crippen molar-refractivity contribution in [3.8, 4) is 17.1 Å². The average molecular weight is 474 g/mol. The minimum absolute atomic E-state index is 0.0292. The molecule has 0 radical (unpaired) electrons. The van der Waals surface area contributed by atoms with E-state index in [9.17, 15) is 14.0 Å². The zero-order valence-corrected chi connectivity index (χ0v) is 20.5. The number of nitrogens with one attached hydrogen (secondary N) is 1. The van der Waals surface area contributed by atoms with Gasteiger partial charge in [-0.2, -0.15) is 0 Å². The molecule has 4 rings (SSSR count). The Morgan fingerprint density at radius 2 is 1.60 bits per heavy atom. The normalized spacial score (nSPS) is 11.5. The predicted molar refractivity (Wildman–Crippen MR) is 137 cm³/mol. The number of fused-ring (bicyclic) bond motifs is 1. The molecule has 0 aliphatic carbocycles. The number of ether oxygens (including phenoxy) is 1. The molecule has 0 bridgehead atoms. The summed E-state index contributed by atoms with van der Waals surface area (Å²) < 4.78 is 25.1. The number of hydrogen-bond donors (Lipinski definition) is 1. The van der Waals surface area contributed by atoms with Crippen molar-refractivity contribution in [3.63, 3.8) is 0 Å². The van der Waals surface area contributed by atoms with Crippen LogP contribution in [0.1, 0.15) is 37.5 Å². The Balaban J connectivity index is 1.73. The van der Waals surface area contributed by atoms with Crippen molar-refractivity contribution >= 4 is 22.6 Å². The summed E-state index contributed by atoms with van der Waals surface area (Å²) in [6, 6.07) is 16.8. The standard InChI is InChI=1S/C29H28FNO4/c1-17-14-23-24(15-18(17)2)35-27(19-6-8-20(9-7-19)29(3,4)5)28(26(23)33)34-16-25(32)31-22-12-10-21(30)11-13-22/h6-15H,16H2,1-5H3,(H,31,32). The first kappa shape index (κ1) is 24.2. The van der Waals surface area contributed by atoms with Gasteiger partial charge in [-0.15, -0.1) is 0 Å². The van der Waals surface area contributed by atoms with Crippen molar-refractivity contribution in [1.82, 2.24) is 0 Å². The summed E-state index contributed by atoms with van der Waals surface area (Å²) in [7, 11) is 0. The number of halogens is 1. The SMILES string of the molecule is Cc1cc2oc(-c3ccc(C(C)(C)C)cc3)c(OCC(=O)Nc3ccc(F)cc3)c(=O)c2cc1C. The number of aryl methyl sites for hydroxylation is 2. The van der Waals surface area contributed by atoms with Gasteiger partial charge in [-0.25, -0.2) is 4.39 Å². The van der Waals surface area contributed by atoms with E-state index in [0.717, 1.165) is 16.7 Å². The van der Waals surface area contributed by atoms with Crippen LogP contribution in [0, 0.1) is 19.7 Å². The number of anilines is 1. The number of carbonyl (C=O) groups excluding carboxylic acids is 1. The first-order valence-electron chi connectivity index (χ1n) is 11.4. The number of amides is 1. The van der Waals surface area contributed by atoms with E-state index in [1.165, 1.54) is 24.3 Å². The fourth-order valence-corrected chi connectivity index (χ4v) is 3.74. The Labute approximate surface area is 203 Å². The minimum Gasteiger partial charge on any atom is -0.476 e. The van der Waals surface area contributed by atoms with E-state index in [4.69, 9.17) is 9.15 Å². The van der Waals surface area contributed by atoms with Gasteiger partial charge in [0.2, 0.25) is 11.2 Å². The highest BCUT2D eigenvalue weighted by atomic mass is 19.1. The molecule has 4 aromatic rings. The van der Waals surface area contributed by atoms with Crippen molar-refractivity contribution in [3.05, 3.63) is 93.4 Å². The zero-order chi connectivity index (χ0) is 25.3. The van der Waals surface area contributed by atoms with E-state index in [1.54, 1.807) is 6.07 Å². The minimum atomic E-state index is -0.481. The highest BCUT2D eigenvalue weighted by molar-refractivity contribution is 5.92. The van der Waals surface area contributed by atoms with E-state index < -0.39 is 18.3 Å². The first-order chi connectivity index (χ1) is 16.5. The number of hydrogen-bond acceptors (Lipinski definition) is 4. The van der Waals surface area contributed by atoms with Gasteiger partial charge in [-0.05, 0) is 72.4 Å². The van der Waals surface area contributed by atoms with Crippen molar-refractivity contribution < 1.29 is 18.3 Å². The predicted octanol–water partition coefficient (Wildman–Crippen LogP) is 6.53. The molecule has 35 heavy (non-hydrogen) atoms. The number of rotatable bonds is 5. The Hall–Kier alpha value is -3.93. The molecule has 1 N–H and O–H groups in total. The van der Waals surface area contributed by atoms with Crippen LogP contribution in [0.3, 0.4) is 0 Å². The summed E-state index contributed by atoms with van der Waals surface area (Å²) >= 11 is 0. The Bertz CT molecular complexity index is 1450. The molecule has 1 heterocycles. The third kappa shape index (κ3) is 5.27. The highest BCUT2D eigenvalue weighted by Crippen LogP contribution is 2.33. The lowest BCUT2D eigenvalue weighted by Crippen LogP contribution is -2.22. The topological polar surface area (TPSA) is 68.5 Å². The maximum atomic E-state index is 13.5. The number of benzene rings is 3. The van der Waals surface area contributed by atoms with Crippen LogP contribution in [0.5, 0.6) is 5.75 Å². The quantitative estimate of drug-likeness (QED) is 0.358. The van der Waals surface area contributed by atoms with Gasteiger partial charge in [-0.1, -0.05) is 45.0 Å². The highest BCUT2D eigenvalue weighted by Gasteiger charge is 2.21. The largest absolute Gasteiger partial charge is 0.476 e. The number of carbonyl (C=O) groups is 1. The van der Waals surface area contributed by atoms with Gasteiger partial charge in [0.25, 0.3) is 5.91 Å². The maximum Gasteiger partial charge on any atom is 0.262 e. The molecule has 0 saturated heterocycles. The molecule has 3 aromatic carbocycles. The summed E-state index contributed by atoms with van der Waals surface area (Å²) in [6.07, 6.45) is 0. The van der Waals surface area contributed by atoms with Crippen LogP contribution in [0.4, 0.5) is 10.1 Å².